The Morgan fingerprint density at radius 2 is 1.31 bits per heavy atom. The second kappa shape index (κ2) is 12.6. The lowest BCUT2D eigenvalue weighted by Crippen LogP contribution is -1.88. The maximum atomic E-state index is 15.2. The van der Waals surface area contributed by atoms with Crippen LogP contribution in [0.3, 0.4) is 0 Å². The van der Waals surface area contributed by atoms with Gasteiger partial charge < -0.3 is 0 Å². The maximum Gasteiger partial charge on any atom is 0.146 e. The van der Waals surface area contributed by atoms with Gasteiger partial charge in [-0.05, 0) is 91.6 Å². The number of fused-ring (bicyclic) bond motifs is 1. The van der Waals surface area contributed by atoms with E-state index in [4.69, 9.17) is 0 Å². The van der Waals surface area contributed by atoms with Gasteiger partial charge >= 0.3 is 0 Å². The minimum absolute atomic E-state index is 0.287. The summed E-state index contributed by atoms with van der Waals surface area (Å²) in [7, 11) is 0. The van der Waals surface area contributed by atoms with Crippen molar-refractivity contribution in [1.82, 2.24) is 0 Å². The average molecular weight is 471 g/mol. The molecule has 4 aromatic rings. The third kappa shape index (κ3) is 6.75. The standard InChI is InChI=1S/C35H31F/c1-3-5-7-9-28-12-16-30(17-13-28)20-22-32-23-24-33-26-31(21-25-34(33)35(32)36)19-18-29-14-10-27(11-15-29)8-6-4-2/h3,5,10-17,21,23-26H,4,6-9H2,1-2H3/b5-3+. The van der Waals surface area contributed by atoms with Crippen LogP contribution in [0.25, 0.3) is 10.8 Å². The molecule has 0 aliphatic carbocycles. The van der Waals surface area contributed by atoms with E-state index < -0.39 is 0 Å². The molecule has 0 radical (unpaired) electrons. The molecule has 1 heteroatoms. The molecular formula is C35H31F. The number of halogens is 1. The molecule has 0 saturated heterocycles. The first-order valence-corrected chi connectivity index (χ1v) is 12.7. The molecule has 0 saturated carbocycles. The van der Waals surface area contributed by atoms with Crippen LogP contribution in [0.1, 0.15) is 66.5 Å². The summed E-state index contributed by atoms with van der Waals surface area (Å²) >= 11 is 0. The van der Waals surface area contributed by atoms with Crippen LogP contribution in [0.5, 0.6) is 0 Å². The number of rotatable bonds is 6. The van der Waals surface area contributed by atoms with Crippen LogP contribution in [0.4, 0.5) is 4.39 Å². The van der Waals surface area contributed by atoms with Crippen LogP contribution in [0.15, 0.2) is 91.0 Å². The predicted molar refractivity (Wildman–Crippen MR) is 150 cm³/mol. The van der Waals surface area contributed by atoms with E-state index in [1.807, 2.05) is 37.3 Å². The fourth-order valence-corrected chi connectivity index (χ4v) is 4.06. The van der Waals surface area contributed by atoms with Gasteiger partial charge in [0.15, 0.2) is 0 Å². The molecule has 0 fully saturated rings. The summed E-state index contributed by atoms with van der Waals surface area (Å²) in [5, 5.41) is 1.39. The molecule has 4 aromatic carbocycles. The van der Waals surface area contributed by atoms with Crippen molar-refractivity contribution in [2.75, 3.05) is 0 Å². The lowest BCUT2D eigenvalue weighted by molar-refractivity contribution is 0.636. The van der Waals surface area contributed by atoms with Gasteiger partial charge in [-0.2, -0.15) is 0 Å². The predicted octanol–water partition coefficient (Wildman–Crippen LogP) is 8.63. The molecule has 0 N–H and O–H groups in total. The van der Waals surface area contributed by atoms with Crippen LogP contribution < -0.4 is 0 Å². The van der Waals surface area contributed by atoms with Gasteiger partial charge in [-0.15, -0.1) is 0 Å². The second-order valence-corrected chi connectivity index (χ2v) is 8.97. The second-order valence-electron chi connectivity index (χ2n) is 8.97. The molecule has 0 amide bonds. The van der Waals surface area contributed by atoms with Crippen LogP contribution in [-0.2, 0) is 12.8 Å². The Morgan fingerprint density at radius 1 is 0.694 bits per heavy atom. The maximum absolute atomic E-state index is 15.2. The molecule has 0 aromatic heterocycles. The van der Waals surface area contributed by atoms with Crippen molar-refractivity contribution in [2.45, 2.75) is 46.0 Å². The highest BCUT2D eigenvalue weighted by atomic mass is 19.1. The fraction of sp³-hybridized carbons (Fsp3) is 0.200. The Hall–Kier alpha value is -4.07. The molecule has 36 heavy (non-hydrogen) atoms. The van der Waals surface area contributed by atoms with Crippen molar-refractivity contribution in [1.29, 1.82) is 0 Å². The third-order valence-corrected chi connectivity index (χ3v) is 6.21. The van der Waals surface area contributed by atoms with E-state index in [0.29, 0.717) is 10.9 Å². The molecular weight excluding hydrogens is 439 g/mol. The highest BCUT2D eigenvalue weighted by Crippen LogP contribution is 2.22. The van der Waals surface area contributed by atoms with E-state index in [-0.39, 0.29) is 5.82 Å². The van der Waals surface area contributed by atoms with E-state index >= 15 is 4.39 Å². The van der Waals surface area contributed by atoms with Gasteiger partial charge in [0, 0.05) is 22.1 Å². The van der Waals surface area contributed by atoms with Crippen molar-refractivity contribution in [3.63, 3.8) is 0 Å². The summed E-state index contributed by atoms with van der Waals surface area (Å²) in [6.07, 6.45) is 9.79. The summed E-state index contributed by atoms with van der Waals surface area (Å²) in [5.41, 5.74) is 5.76. The first-order valence-electron chi connectivity index (χ1n) is 12.7. The summed E-state index contributed by atoms with van der Waals surface area (Å²) in [6, 6.07) is 25.9. The Kier molecular flexibility index (Phi) is 8.75. The Labute approximate surface area is 214 Å². The Bertz CT molecular complexity index is 1460. The highest BCUT2D eigenvalue weighted by Gasteiger charge is 2.06. The van der Waals surface area contributed by atoms with E-state index in [9.17, 15) is 0 Å². The van der Waals surface area contributed by atoms with Crippen LogP contribution >= 0.6 is 0 Å². The highest BCUT2D eigenvalue weighted by molar-refractivity contribution is 5.86. The number of unbranched alkanes of at least 4 members (excludes halogenated alkanes) is 1. The fourth-order valence-electron chi connectivity index (χ4n) is 4.06. The van der Waals surface area contributed by atoms with E-state index in [0.717, 1.165) is 41.3 Å². The van der Waals surface area contributed by atoms with Crippen molar-refractivity contribution >= 4 is 10.8 Å². The normalized spacial score (nSPS) is 10.6. The van der Waals surface area contributed by atoms with Crippen molar-refractivity contribution in [2.24, 2.45) is 0 Å². The van der Waals surface area contributed by atoms with Gasteiger partial charge in [-0.3, -0.25) is 0 Å². The van der Waals surface area contributed by atoms with Crippen LogP contribution in [0, 0.1) is 29.5 Å². The monoisotopic (exact) mass is 470 g/mol. The number of hydrogen-bond donors (Lipinski definition) is 0. The topological polar surface area (TPSA) is 0 Å². The molecule has 0 aliphatic heterocycles. The quantitative estimate of drug-likeness (QED) is 0.195. The van der Waals surface area contributed by atoms with Gasteiger partial charge in [-0.25, -0.2) is 4.39 Å². The summed E-state index contributed by atoms with van der Waals surface area (Å²) < 4.78 is 15.2. The van der Waals surface area contributed by atoms with Gasteiger partial charge in [0.1, 0.15) is 5.82 Å². The molecule has 0 bridgehead atoms. The summed E-state index contributed by atoms with van der Waals surface area (Å²) in [5.74, 6) is 12.3. The van der Waals surface area contributed by atoms with Crippen molar-refractivity contribution < 1.29 is 4.39 Å². The molecule has 0 heterocycles. The molecule has 4 rings (SSSR count). The SMILES string of the molecule is C/C=C/CCc1ccc(C#Cc2ccc3cc(C#Cc4ccc(CCCC)cc4)ccc3c2F)cc1. The summed E-state index contributed by atoms with van der Waals surface area (Å²) in [4.78, 5) is 0. The lowest BCUT2D eigenvalue weighted by Gasteiger charge is -2.03. The number of allylic oxidation sites excluding steroid dienone is 2. The van der Waals surface area contributed by atoms with E-state index in [2.05, 4.69) is 79.2 Å². The number of benzene rings is 4. The van der Waals surface area contributed by atoms with Gasteiger partial charge in [0.25, 0.3) is 0 Å². The first kappa shape index (κ1) is 25.0. The summed E-state index contributed by atoms with van der Waals surface area (Å²) in [6.45, 7) is 4.24. The van der Waals surface area contributed by atoms with Crippen LogP contribution in [-0.4, -0.2) is 0 Å². The van der Waals surface area contributed by atoms with Gasteiger partial charge in [0.05, 0.1) is 5.56 Å². The van der Waals surface area contributed by atoms with Crippen molar-refractivity contribution in [3.8, 4) is 23.7 Å². The molecule has 0 atom stereocenters. The zero-order valence-corrected chi connectivity index (χ0v) is 21.1. The minimum Gasteiger partial charge on any atom is -0.205 e. The Balaban J connectivity index is 1.48. The first-order chi connectivity index (χ1) is 17.7. The number of aryl methyl sites for hydroxylation is 2. The van der Waals surface area contributed by atoms with Crippen LogP contribution in [0.2, 0.25) is 0 Å². The zero-order chi connectivity index (χ0) is 25.2. The molecule has 0 unspecified atom stereocenters. The van der Waals surface area contributed by atoms with E-state index in [1.54, 1.807) is 12.1 Å². The minimum atomic E-state index is -0.287. The van der Waals surface area contributed by atoms with Gasteiger partial charge in [0.2, 0.25) is 0 Å². The molecule has 0 aliphatic rings. The largest absolute Gasteiger partial charge is 0.205 e. The molecule has 178 valence electrons. The third-order valence-electron chi connectivity index (χ3n) is 6.21. The smallest absolute Gasteiger partial charge is 0.146 e. The number of hydrogen-bond acceptors (Lipinski definition) is 0. The Morgan fingerprint density at radius 3 is 1.97 bits per heavy atom. The van der Waals surface area contributed by atoms with Crippen molar-refractivity contribution in [3.05, 3.63) is 130 Å². The average Bonchev–Trinajstić information content (AvgIpc) is 2.92. The molecule has 0 nitrogen and oxygen atoms in total. The molecule has 0 spiro atoms. The van der Waals surface area contributed by atoms with Gasteiger partial charge in [-0.1, -0.05) is 85.6 Å². The zero-order valence-electron chi connectivity index (χ0n) is 21.1. The lowest BCUT2D eigenvalue weighted by atomic mass is 10.0. The van der Waals surface area contributed by atoms with E-state index in [1.165, 1.54) is 24.0 Å².